The zero-order chi connectivity index (χ0) is 16.9. The van der Waals surface area contributed by atoms with Crippen molar-refractivity contribution in [2.24, 2.45) is 5.92 Å². The molecule has 0 saturated heterocycles. The average molecular weight is 328 g/mol. The van der Waals surface area contributed by atoms with Crippen molar-refractivity contribution in [2.75, 3.05) is 20.7 Å². The number of hydrogen-bond donors (Lipinski definition) is 2. The van der Waals surface area contributed by atoms with Crippen molar-refractivity contribution in [3.8, 4) is 0 Å². The van der Waals surface area contributed by atoms with Crippen molar-refractivity contribution < 1.29 is 13.5 Å². The van der Waals surface area contributed by atoms with Crippen LogP contribution in [0.2, 0.25) is 0 Å². The minimum absolute atomic E-state index is 0.0104. The van der Waals surface area contributed by atoms with E-state index in [1.807, 2.05) is 13.0 Å². The molecule has 2 atom stereocenters. The number of sulfonamides is 1. The van der Waals surface area contributed by atoms with E-state index in [4.69, 9.17) is 5.11 Å². The van der Waals surface area contributed by atoms with Crippen LogP contribution in [0, 0.1) is 5.92 Å². The molecule has 0 bridgehead atoms. The number of rotatable bonds is 8. The maximum absolute atomic E-state index is 12.2. The zero-order valence-corrected chi connectivity index (χ0v) is 14.9. The van der Waals surface area contributed by atoms with E-state index in [2.05, 4.69) is 19.2 Å². The largest absolute Gasteiger partial charge is 0.396 e. The quantitative estimate of drug-likeness (QED) is 0.766. The molecule has 0 fully saturated rings. The van der Waals surface area contributed by atoms with Gasteiger partial charge in [0.2, 0.25) is 10.0 Å². The van der Waals surface area contributed by atoms with Crippen LogP contribution in [0.25, 0.3) is 0 Å². The summed E-state index contributed by atoms with van der Waals surface area (Å²) >= 11 is 0. The molecule has 1 rings (SSSR count). The molecule has 0 aliphatic carbocycles. The van der Waals surface area contributed by atoms with Gasteiger partial charge in [-0.2, -0.15) is 0 Å². The summed E-state index contributed by atoms with van der Waals surface area (Å²) < 4.78 is 25.6. The Kier molecular flexibility index (Phi) is 6.99. The third kappa shape index (κ3) is 4.78. The number of benzene rings is 1. The van der Waals surface area contributed by atoms with Crippen molar-refractivity contribution in [1.82, 2.24) is 9.62 Å². The van der Waals surface area contributed by atoms with Crippen molar-refractivity contribution >= 4 is 10.0 Å². The minimum Gasteiger partial charge on any atom is -0.396 e. The van der Waals surface area contributed by atoms with Gasteiger partial charge in [0.05, 0.1) is 4.90 Å². The fourth-order valence-electron chi connectivity index (χ4n) is 2.32. The predicted octanol–water partition coefficient (Wildman–Crippen LogP) is 1.99. The number of aliphatic hydroxyl groups is 1. The molecule has 0 aromatic heterocycles. The molecule has 22 heavy (non-hydrogen) atoms. The highest BCUT2D eigenvalue weighted by molar-refractivity contribution is 7.89. The molecule has 1 aromatic rings. The van der Waals surface area contributed by atoms with Crippen LogP contribution in [-0.4, -0.2) is 44.6 Å². The van der Waals surface area contributed by atoms with E-state index in [1.165, 1.54) is 18.4 Å². The van der Waals surface area contributed by atoms with Gasteiger partial charge in [0.15, 0.2) is 0 Å². The maximum Gasteiger partial charge on any atom is 0.242 e. The first-order valence-electron chi connectivity index (χ1n) is 7.59. The van der Waals surface area contributed by atoms with Gasteiger partial charge in [0.1, 0.15) is 0 Å². The van der Waals surface area contributed by atoms with Crippen molar-refractivity contribution in [1.29, 1.82) is 0 Å². The van der Waals surface area contributed by atoms with E-state index in [0.717, 1.165) is 5.56 Å². The number of hydrogen-bond acceptors (Lipinski definition) is 4. The van der Waals surface area contributed by atoms with Crippen LogP contribution < -0.4 is 5.32 Å². The van der Waals surface area contributed by atoms with E-state index >= 15 is 0 Å². The lowest BCUT2D eigenvalue weighted by atomic mass is 9.98. The van der Waals surface area contributed by atoms with Gasteiger partial charge in [0.25, 0.3) is 0 Å². The highest BCUT2D eigenvalue weighted by Gasteiger charge is 2.20. The monoisotopic (exact) mass is 328 g/mol. The second-order valence-electron chi connectivity index (χ2n) is 6.11. The molecular formula is C16H28N2O3S. The van der Waals surface area contributed by atoms with E-state index in [-0.39, 0.29) is 18.7 Å². The molecule has 6 heteroatoms. The summed E-state index contributed by atoms with van der Waals surface area (Å²) in [5.41, 5.74) is 0.923. The van der Waals surface area contributed by atoms with Gasteiger partial charge >= 0.3 is 0 Å². The van der Waals surface area contributed by atoms with E-state index in [1.54, 1.807) is 18.2 Å². The van der Waals surface area contributed by atoms with E-state index in [0.29, 0.717) is 17.2 Å². The van der Waals surface area contributed by atoms with Gasteiger partial charge in [0, 0.05) is 32.8 Å². The van der Waals surface area contributed by atoms with Crippen LogP contribution in [0.5, 0.6) is 0 Å². The average Bonchev–Trinajstić information content (AvgIpc) is 2.46. The Morgan fingerprint density at radius 2 is 1.86 bits per heavy atom. The van der Waals surface area contributed by atoms with Gasteiger partial charge in [-0.3, -0.25) is 0 Å². The molecule has 2 unspecified atom stereocenters. The lowest BCUT2D eigenvalue weighted by Crippen LogP contribution is -2.36. The number of nitrogens with zero attached hydrogens (tertiary/aromatic N) is 1. The Balaban J connectivity index is 2.98. The molecular weight excluding hydrogens is 300 g/mol. The molecule has 126 valence electrons. The molecule has 0 aliphatic heterocycles. The van der Waals surface area contributed by atoms with Gasteiger partial charge in [-0.15, -0.1) is 0 Å². The summed E-state index contributed by atoms with van der Waals surface area (Å²) in [6.45, 7) is 6.35. The highest BCUT2D eigenvalue weighted by atomic mass is 32.2. The van der Waals surface area contributed by atoms with Crippen molar-refractivity contribution in [3.05, 3.63) is 29.8 Å². The Bertz CT molecular complexity index is 571. The lowest BCUT2D eigenvalue weighted by Gasteiger charge is -2.26. The first-order valence-corrected chi connectivity index (χ1v) is 9.03. The molecule has 0 heterocycles. The first kappa shape index (κ1) is 19.1. The summed E-state index contributed by atoms with van der Waals surface area (Å²) in [5, 5.41) is 12.6. The van der Waals surface area contributed by atoms with Crippen LogP contribution in [0.15, 0.2) is 29.2 Å². The van der Waals surface area contributed by atoms with Gasteiger partial charge in [-0.25, -0.2) is 12.7 Å². The van der Waals surface area contributed by atoms with Crippen molar-refractivity contribution in [2.45, 2.75) is 44.2 Å². The fraction of sp³-hybridized carbons (Fsp3) is 0.625. The van der Waals surface area contributed by atoms with Crippen LogP contribution in [0.1, 0.15) is 38.8 Å². The summed E-state index contributed by atoms with van der Waals surface area (Å²) in [6.07, 6.45) is 0.678. The van der Waals surface area contributed by atoms with E-state index in [9.17, 15) is 8.42 Å². The predicted molar refractivity (Wildman–Crippen MR) is 89.2 cm³/mol. The van der Waals surface area contributed by atoms with Crippen molar-refractivity contribution in [3.63, 3.8) is 0 Å². The zero-order valence-electron chi connectivity index (χ0n) is 14.1. The van der Waals surface area contributed by atoms with Crippen LogP contribution >= 0.6 is 0 Å². The van der Waals surface area contributed by atoms with Gasteiger partial charge in [-0.05, 0) is 37.0 Å². The third-order valence-corrected chi connectivity index (χ3v) is 5.66. The normalized spacial score (nSPS) is 15.3. The minimum atomic E-state index is -3.42. The Morgan fingerprint density at radius 3 is 2.36 bits per heavy atom. The molecule has 2 N–H and O–H groups in total. The molecule has 0 spiro atoms. The number of nitrogens with one attached hydrogen (secondary N) is 1. The molecule has 0 radical (unpaired) electrons. The van der Waals surface area contributed by atoms with Crippen LogP contribution in [0.3, 0.4) is 0 Å². The Hall–Kier alpha value is -0.950. The molecule has 0 amide bonds. The molecule has 0 saturated carbocycles. The smallest absolute Gasteiger partial charge is 0.242 e. The van der Waals surface area contributed by atoms with E-state index < -0.39 is 10.0 Å². The van der Waals surface area contributed by atoms with Crippen LogP contribution in [0.4, 0.5) is 0 Å². The molecule has 5 nitrogen and oxygen atoms in total. The Labute approximate surface area is 134 Å². The lowest BCUT2D eigenvalue weighted by molar-refractivity contribution is 0.237. The second-order valence-corrected chi connectivity index (χ2v) is 8.26. The summed E-state index contributed by atoms with van der Waals surface area (Å²) in [4.78, 5) is 0.298. The highest BCUT2D eigenvalue weighted by Crippen LogP contribution is 2.21. The molecule has 1 aromatic carbocycles. The SMILES string of the molecule is CC(NC(CCO)C(C)C)c1cccc(S(=O)(=O)N(C)C)c1. The first-order chi connectivity index (χ1) is 10.2. The second kappa shape index (κ2) is 8.06. The maximum atomic E-state index is 12.2. The summed E-state index contributed by atoms with van der Waals surface area (Å²) in [7, 11) is -0.367. The molecule has 0 aliphatic rings. The third-order valence-electron chi connectivity index (χ3n) is 3.85. The standard InChI is InChI=1S/C16H28N2O3S/c1-12(2)16(9-10-19)17-13(3)14-7-6-8-15(11-14)22(20,21)18(4)5/h6-8,11-13,16-17,19H,9-10H2,1-5H3. The summed E-state index contributed by atoms with van der Waals surface area (Å²) in [6, 6.07) is 7.20. The number of aliphatic hydroxyl groups excluding tert-OH is 1. The van der Waals surface area contributed by atoms with Gasteiger partial charge in [-0.1, -0.05) is 26.0 Å². The van der Waals surface area contributed by atoms with Crippen LogP contribution in [-0.2, 0) is 10.0 Å². The summed E-state index contributed by atoms with van der Waals surface area (Å²) in [5.74, 6) is 0.392. The Morgan fingerprint density at radius 1 is 1.23 bits per heavy atom. The fourth-order valence-corrected chi connectivity index (χ4v) is 3.28. The topological polar surface area (TPSA) is 69.6 Å². The van der Waals surface area contributed by atoms with Gasteiger partial charge < -0.3 is 10.4 Å².